The third-order valence-electron chi connectivity index (χ3n) is 4.91. The summed E-state index contributed by atoms with van der Waals surface area (Å²) in [5.41, 5.74) is 0.223. The van der Waals surface area contributed by atoms with Crippen LogP contribution in [0.2, 0.25) is 0 Å². The van der Waals surface area contributed by atoms with E-state index in [0.29, 0.717) is 12.0 Å². The minimum Gasteiger partial charge on any atom is -0.611 e. The zero-order valence-corrected chi connectivity index (χ0v) is 16.7. The molecular formula is C17H18N2O7S2. The van der Waals surface area contributed by atoms with Gasteiger partial charge in [-0.2, -0.15) is 0 Å². The molecule has 4 atom stereocenters. The molecule has 2 aliphatic rings. The number of amides is 1. The molecule has 1 aromatic carbocycles. The number of carbonyl (C=O) groups excluding carboxylic acids is 1. The van der Waals surface area contributed by atoms with E-state index < -0.39 is 44.9 Å². The van der Waals surface area contributed by atoms with E-state index in [9.17, 15) is 34.5 Å². The Morgan fingerprint density at radius 2 is 2.04 bits per heavy atom. The third-order valence-corrected chi connectivity index (χ3v) is 7.89. The SMILES string of the molecule is CC[C@H](O)[C@@H]1C(=O)N2C(C(=O)O)=C([S+](C)[O-])S[C@]12Cc1ccc([N+](=O)[O-])cc1. The number of non-ortho nitro benzene ring substituents is 1. The van der Waals surface area contributed by atoms with Crippen molar-refractivity contribution < 1.29 is 29.3 Å². The lowest BCUT2D eigenvalue weighted by atomic mass is 9.77. The normalized spacial score (nSPS) is 25.9. The Bertz CT molecular complexity index is 871. The van der Waals surface area contributed by atoms with Gasteiger partial charge in [0.15, 0.2) is 5.70 Å². The fourth-order valence-electron chi connectivity index (χ4n) is 3.63. The van der Waals surface area contributed by atoms with Crippen LogP contribution < -0.4 is 0 Å². The molecule has 0 aromatic heterocycles. The Balaban J connectivity index is 2.03. The van der Waals surface area contributed by atoms with Crippen molar-refractivity contribution in [2.45, 2.75) is 30.7 Å². The van der Waals surface area contributed by atoms with Crippen LogP contribution >= 0.6 is 11.8 Å². The summed E-state index contributed by atoms with van der Waals surface area (Å²) in [7, 11) is 0. The molecule has 1 amide bonds. The van der Waals surface area contributed by atoms with Crippen LogP contribution in [0.5, 0.6) is 0 Å². The van der Waals surface area contributed by atoms with E-state index in [4.69, 9.17) is 0 Å². The zero-order chi connectivity index (χ0) is 20.8. The Morgan fingerprint density at radius 3 is 2.50 bits per heavy atom. The number of β-lactam (4-membered cyclic amide) rings is 1. The van der Waals surface area contributed by atoms with Crippen LogP contribution in [0.4, 0.5) is 5.69 Å². The summed E-state index contributed by atoms with van der Waals surface area (Å²) < 4.78 is 12.2. The van der Waals surface area contributed by atoms with Crippen LogP contribution in [0.15, 0.2) is 34.2 Å². The summed E-state index contributed by atoms with van der Waals surface area (Å²) >= 11 is -0.612. The van der Waals surface area contributed by atoms with E-state index >= 15 is 0 Å². The first kappa shape index (κ1) is 20.6. The van der Waals surface area contributed by atoms with E-state index in [2.05, 4.69) is 0 Å². The molecule has 0 bridgehead atoms. The van der Waals surface area contributed by atoms with Crippen molar-refractivity contribution in [1.82, 2.24) is 4.90 Å². The molecule has 9 nitrogen and oxygen atoms in total. The molecule has 0 saturated carbocycles. The van der Waals surface area contributed by atoms with Crippen molar-refractivity contribution in [2.75, 3.05) is 6.26 Å². The van der Waals surface area contributed by atoms with Crippen LogP contribution in [0.1, 0.15) is 18.9 Å². The van der Waals surface area contributed by atoms with Gasteiger partial charge in [0.05, 0.1) is 16.9 Å². The van der Waals surface area contributed by atoms with E-state index in [1.807, 2.05) is 0 Å². The zero-order valence-electron chi connectivity index (χ0n) is 15.0. The number of nitro groups is 1. The highest BCUT2D eigenvalue weighted by Gasteiger charge is 2.70. The topological polar surface area (TPSA) is 144 Å². The third kappa shape index (κ3) is 3.08. The number of rotatable bonds is 7. The second-order valence-corrected chi connectivity index (χ2v) is 9.46. The van der Waals surface area contributed by atoms with Gasteiger partial charge in [0.25, 0.3) is 5.69 Å². The number of hydrogen-bond donors (Lipinski definition) is 2. The number of thioether (sulfide) groups is 1. The summed E-state index contributed by atoms with van der Waals surface area (Å²) in [6.45, 7) is 1.71. The van der Waals surface area contributed by atoms with E-state index in [0.717, 1.165) is 16.7 Å². The summed E-state index contributed by atoms with van der Waals surface area (Å²) in [6.07, 6.45) is 0.793. The second kappa shape index (κ2) is 7.39. The predicted octanol–water partition coefficient (Wildman–Crippen LogP) is 1.44. The van der Waals surface area contributed by atoms with Crippen LogP contribution in [-0.4, -0.2) is 53.7 Å². The van der Waals surface area contributed by atoms with Crippen molar-refractivity contribution in [3.05, 3.63) is 49.9 Å². The molecule has 0 aliphatic carbocycles. The number of carboxylic acid groups (broad SMARTS) is 1. The van der Waals surface area contributed by atoms with Gasteiger partial charge in [-0.05, 0) is 34.9 Å². The van der Waals surface area contributed by atoms with Gasteiger partial charge < -0.3 is 14.8 Å². The van der Waals surface area contributed by atoms with Crippen molar-refractivity contribution in [3.63, 3.8) is 0 Å². The molecule has 1 saturated heterocycles. The predicted molar refractivity (Wildman–Crippen MR) is 102 cm³/mol. The molecule has 1 unspecified atom stereocenters. The molecule has 2 aliphatic heterocycles. The molecule has 1 fully saturated rings. The fourth-order valence-corrected chi connectivity index (χ4v) is 6.48. The van der Waals surface area contributed by atoms with Gasteiger partial charge in [-0.15, -0.1) is 0 Å². The van der Waals surface area contributed by atoms with E-state index in [1.54, 1.807) is 6.92 Å². The van der Waals surface area contributed by atoms with Gasteiger partial charge in [-0.3, -0.25) is 19.8 Å². The average molecular weight is 426 g/mol. The Hall–Kier alpha value is -2.08. The summed E-state index contributed by atoms with van der Waals surface area (Å²) in [5.74, 6) is -2.75. The second-order valence-electron chi connectivity index (χ2n) is 6.57. The molecule has 2 N–H and O–H groups in total. The first-order chi connectivity index (χ1) is 13.1. The molecule has 28 heavy (non-hydrogen) atoms. The number of aliphatic hydroxyl groups excluding tert-OH is 1. The van der Waals surface area contributed by atoms with Gasteiger partial charge in [-0.1, -0.05) is 19.1 Å². The van der Waals surface area contributed by atoms with Crippen molar-refractivity contribution in [2.24, 2.45) is 5.92 Å². The monoisotopic (exact) mass is 426 g/mol. The standard InChI is InChI=1S/C17H18N2O7S2/c1-3-11(20)12-14(21)18-13(15(22)23)16(28(2)26)27-17(12,18)8-9-4-6-10(7-5-9)19(24)25/h4-7,11-12,20H,3,8H2,1-2H3,(H,22,23)/t11-,12+,17+,28?/m0/s1. The molecule has 1 aromatic rings. The smallest absolute Gasteiger partial charge is 0.358 e. The lowest BCUT2D eigenvalue weighted by Crippen LogP contribution is -2.71. The van der Waals surface area contributed by atoms with Crippen LogP contribution in [0.25, 0.3) is 0 Å². The molecule has 150 valence electrons. The number of hydrogen-bond acceptors (Lipinski definition) is 7. The van der Waals surface area contributed by atoms with Crippen LogP contribution in [0, 0.1) is 16.0 Å². The maximum Gasteiger partial charge on any atom is 0.358 e. The van der Waals surface area contributed by atoms with Crippen LogP contribution in [0.3, 0.4) is 0 Å². The van der Waals surface area contributed by atoms with Crippen molar-refractivity contribution in [3.8, 4) is 0 Å². The van der Waals surface area contributed by atoms with Gasteiger partial charge in [0.2, 0.25) is 10.1 Å². The number of benzene rings is 1. The number of aliphatic hydroxyl groups is 1. The minimum atomic E-state index is -1.63. The molecule has 0 spiro atoms. The Kier molecular flexibility index (Phi) is 5.45. The summed E-state index contributed by atoms with van der Waals surface area (Å²) in [4.78, 5) is 34.8. The van der Waals surface area contributed by atoms with Crippen LogP contribution in [-0.2, 0) is 27.2 Å². The fraction of sp³-hybridized carbons (Fsp3) is 0.412. The van der Waals surface area contributed by atoms with Gasteiger partial charge in [0, 0.05) is 18.6 Å². The molecule has 11 heteroatoms. The van der Waals surface area contributed by atoms with E-state index in [1.165, 1.54) is 30.5 Å². The lowest BCUT2D eigenvalue weighted by Gasteiger charge is -2.54. The summed E-state index contributed by atoms with van der Waals surface area (Å²) in [6, 6.07) is 5.72. The first-order valence-electron chi connectivity index (χ1n) is 8.39. The number of fused-ring (bicyclic) bond motifs is 1. The average Bonchev–Trinajstić information content (AvgIpc) is 2.93. The Labute approximate surface area is 167 Å². The highest BCUT2D eigenvalue weighted by atomic mass is 32.3. The van der Waals surface area contributed by atoms with Crippen molar-refractivity contribution in [1.29, 1.82) is 0 Å². The van der Waals surface area contributed by atoms with Gasteiger partial charge >= 0.3 is 5.97 Å². The quantitative estimate of drug-likeness (QED) is 0.288. The molecule has 2 heterocycles. The number of nitro benzene ring substituents is 1. The maximum absolute atomic E-state index is 12.7. The first-order valence-corrected chi connectivity index (χ1v) is 10.8. The Morgan fingerprint density at radius 1 is 1.43 bits per heavy atom. The van der Waals surface area contributed by atoms with Gasteiger partial charge in [0.1, 0.15) is 11.1 Å². The largest absolute Gasteiger partial charge is 0.611 e. The number of carboxylic acids is 1. The highest BCUT2D eigenvalue weighted by molar-refractivity contribution is 8.19. The highest BCUT2D eigenvalue weighted by Crippen LogP contribution is 2.61. The molecule has 0 radical (unpaired) electrons. The molecule has 3 rings (SSSR count). The van der Waals surface area contributed by atoms with Crippen molar-refractivity contribution >= 4 is 40.5 Å². The maximum atomic E-state index is 12.7. The van der Waals surface area contributed by atoms with E-state index in [-0.39, 0.29) is 22.0 Å². The number of nitrogens with zero attached hydrogens (tertiary/aromatic N) is 2. The number of carbonyl (C=O) groups is 2. The number of aliphatic carboxylic acids is 1. The molecular weight excluding hydrogens is 408 g/mol. The summed E-state index contributed by atoms with van der Waals surface area (Å²) in [5, 5.41) is 30.9. The van der Waals surface area contributed by atoms with Gasteiger partial charge in [-0.25, -0.2) is 4.79 Å². The minimum absolute atomic E-state index is 0.0774. The lowest BCUT2D eigenvalue weighted by molar-refractivity contribution is -0.384.